The summed E-state index contributed by atoms with van der Waals surface area (Å²) in [5, 5.41) is 9.01. The first kappa shape index (κ1) is 22.0. The summed E-state index contributed by atoms with van der Waals surface area (Å²) in [5.41, 5.74) is 0.886. The Labute approximate surface area is 184 Å². The number of sulfone groups is 1. The lowest BCUT2D eigenvalue weighted by molar-refractivity contribution is 0.0696. The molecule has 1 N–H and O–H groups in total. The molecule has 0 aromatic heterocycles. The predicted octanol–water partition coefficient (Wildman–Crippen LogP) is 3.50. The summed E-state index contributed by atoms with van der Waals surface area (Å²) in [7, 11) is -8.05. The topological polar surface area (TPSA) is 109 Å². The van der Waals surface area contributed by atoms with Crippen molar-refractivity contribution in [3.8, 4) is 0 Å². The number of hydrogen-bond acceptors (Lipinski definition) is 5. The van der Waals surface area contributed by atoms with Gasteiger partial charge in [-0.2, -0.15) is 0 Å². The van der Waals surface area contributed by atoms with Gasteiger partial charge in [-0.15, -0.1) is 0 Å². The number of carboxylic acid groups (broad SMARTS) is 1. The van der Waals surface area contributed by atoms with E-state index < -0.39 is 31.6 Å². The number of anilines is 1. The molecule has 3 aromatic carbocycles. The molecule has 1 aliphatic rings. The molecule has 4 rings (SSSR count). The molecule has 0 fully saturated rings. The van der Waals surface area contributed by atoms with Crippen LogP contribution in [0.2, 0.25) is 0 Å². The molecule has 3 aromatic rings. The first-order valence-corrected chi connectivity index (χ1v) is 12.5. The van der Waals surface area contributed by atoms with Gasteiger partial charge in [-0.25, -0.2) is 26.0 Å². The van der Waals surface area contributed by atoms with Crippen LogP contribution in [0.1, 0.15) is 22.3 Å². The summed E-state index contributed by atoms with van der Waals surface area (Å²) < 4.78 is 67.0. The average molecular weight is 476 g/mol. The van der Waals surface area contributed by atoms with E-state index in [0.29, 0.717) is 18.4 Å². The average Bonchev–Trinajstić information content (AvgIpc) is 2.78. The number of hydrogen-bond donors (Lipinski definition) is 1. The lowest BCUT2D eigenvalue weighted by atomic mass is 10.0. The minimum absolute atomic E-state index is 0.0500. The lowest BCUT2D eigenvalue weighted by Gasteiger charge is -2.31. The minimum atomic E-state index is -4.03. The molecule has 1 heterocycles. The van der Waals surface area contributed by atoms with Gasteiger partial charge >= 0.3 is 5.97 Å². The van der Waals surface area contributed by atoms with Crippen LogP contribution in [0.3, 0.4) is 0 Å². The van der Waals surface area contributed by atoms with Crippen LogP contribution < -0.4 is 4.31 Å². The minimum Gasteiger partial charge on any atom is -0.478 e. The van der Waals surface area contributed by atoms with E-state index in [4.69, 9.17) is 5.11 Å². The third-order valence-electron chi connectivity index (χ3n) is 5.26. The molecule has 0 atom stereocenters. The van der Waals surface area contributed by atoms with Crippen LogP contribution >= 0.6 is 0 Å². The molecular weight excluding hydrogens is 457 g/mol. The highest BCUT2D eigenvalue weighted by Crippen LogP contribution is 2.35. The van der Waals surface area contributed by atoms with Crippen LogP contribution in [-0.2, 0) is 26.3 Å². The van der Waals surface area contributed by atoms with Crippen molar-refractivity contribution in [1.82, 2.24) is 0 Å². The first-order valence-electron chi connectivity index (χ1n) is 9.60. The molecule has 0 bridgehead atoms. The zero-order valence-corrected chi connectivity index (χ0v) is 18.2. The van der Waals surface area contributed by atoms with Gasteiger partial charge in [-0.3, -0.25) is 4.31 Å². The number of halogens is 1. The Bertz CT molecular complexity index is 1400. The number of fused-ring (bicyclic) bond motifs is 1. The van der Waals surface area contributed by atoms with Crippen molar-refractivity contribution < 1.29 is 31.1 Å². The van der Waals surface area contributed by atoms with Crippen LogP contribution in [0, 0.1) is 5.82 Å². The second-order valence-corrected chi connectivity index (χ2v) is 11.1. The smallest absolute Gasteiger partial charge is 0.335 e. The quantitative estimate of drug-likeness (QED) is 0.605. The molecule has 0 aliphatic carbocycles. The second kappa shape index (κ2) is 8.03. The van der Waals surface area contributed by atoms with Crippen molar-refractivity contribution in [2.75, 3.05) is 10.8 Å². The monoisotopic (exact) mass is 475 g/mol. The van der Waals surface area contributed by atoms with Gasteiger partial charge in [0, 0.05) is 6.54 Å². The highest BCUT2D eigenvalue weighted by atomic mass is 32.2. The number of aromatic carboxylic acids is 1. The Hall–Kier alpha value is -3.24. The van der Waals surface area contributed by atoms with E-state index in [-0.39, 0.29) is 32.5 Å². The Morgan fingerprint density at radius 3 is 2.06 bits per heavy atom. The largest absolute Gasteiger partial charge is 0.478 e. The van der Waals surface area contributed by atoms with E-state index in [0.717, 1.165) is 16.4 Å². The van der Waals surface area contributed by atoms with Crippen LogP contribution in [0.25, 0.3) is 0 Å². The molecular formula is C22H18FNO6S2. The standard InChI is InChI=1S/C22H18FNO6S2/c23-17-6-11-19(12-7-17)32(29,30)24-13-1-2-15-3-10-20(14-21(15)24)31(27,28)18-8-4-16(5-9-18)22(25)26/h3-12,14H,1-2,13H2,(H,25,26). The zero-order chi connectivity index (χ0) is 23.1. The Kier molecular flexibility index (Phi) is 5.51. The summed E-state index contributed by atoms with van der Waals surface area (Å²) in [6.07, 6.45) is 1.13. The van der Waals surface area contributed by atoms with Crippen molar-refractivity contribution in [1.29, 1.82) is 0 Å². The fourth-order valence-electron chi connectivity index (χ4n) is 3.58. The van der Waals surface area contributed by atoms with Gasteiger partial charge in [-0.05, 0) is 79.1 Å². The van der Waals surface area contributed by atoms with Gasteiger partial charge in [-0.1, -0.05) is 6.07 Å². The van der Waals surface area contributed by atoms with Crippen molar-refractivity contribution in [3.05, 3.63) is 83.7 Å². The van der Waals surface area contributed by atoms with Gasteiger partial charge in [0.05, 0.1) is 25.9 Å². The molecule has 166 valence electrons. The number of sulfonamides is 1. The SMILES string of the molecule is O=C(O)c1ccc(S(=O)(=O)c2ccc3c(c2)N(S(=O)(=O)c2ccc(F)cc2)CCC3)cc1. The van der Waals surface area contributed by atoms with Gasteiger partial charge < -0.3 is 5.11 Å². The molecule has 7 nitrogen and oxygen atoms in total. The molecule has 0 spiro atoms. The Morgan fingerprint density at radius 2 is 1.44 bits per heavy atom. The van der Waals surface area contributed by atoms with Crippen molar-refractivity contribution in [2.24, 2.45) is 0 Å². The van der Waals surface area contributed by atoms with Crippen LogP contribution in [-0.4, -0.2) is 34.5 Å². The highest BCUT2D eigenvalue weighted by molar-refractivity contribution is 7.93. The van der Waals surface area contributed by atoms with Gasteiger partial charge in [0.25, 0.3) is 10.0 Å². The first-order chi connectivity index (χ1) is 15.1. The van der Waals surface area contributed by atoms with E-state index in [9.17, 15) is 26.0 Å². The molecule has 10 heteroatoms. The predicted molar refractivity (Wildman–Crippen MR) is 115 cm³/mol. The van der Waals surface area contributed by atoms with Crippen LogP contribution in [0.15, 0.2) is 81.4 Å². The van der Waals surface area contributed by atoms with Crippen molar-refractivity contribution in [3.63, 3.8) is 0 Å². The summed E-state index contributed by atoms with van der Waals surface area (Å²) in [6.45, 7) is 0.156. The lowest BCUT2D eigenvalue weighted by Crippen LogP contribution is -2.35. The van der Waals surface area contributed by atoms with E-state index in [1.54, 1.807) is 6.07 Å². The molecule has 0 amide bonds. The van der Waals surface area contributed by atoms with E-state index in [1.807, 2.05) is 0 Å². The molecule has 32 heavy (non-hydrogen) atoms. The maximum atomic E-state index is 13.3. The fraction of sp³-hybridized carbons (Fsp3) is 0.136. The van der Waals surface area contributed by atoms with E-state index in [1.165, 1.54) is 48.5 Å². The number of carboxylic acids is 1. The maximum absolute atomic E-state index is 13.3. The highest BCUT2D eigenvalue weighted by Gasteiger charge is 2.31. The summed E-state index contributed by atoms with van der Waals surface area (Å²) >= 11 is 0. The molecule has 0 radical (unpaired) electrons. The van der Waals surface area contributed by atoms with Crippen molar-refractivity contribution >= 4 is 31.5 Å². The maximum Gasteiger partial charge on any atom is 0.335 e. The fourth-order valence-corrected chi connectivity index (χ4v) is 6.40. The Balaban J connectivity index is 1.77. The van der Waals surface area contributed by atoms with E-state index >= 15 is 0 Å². The molecule has 1 aliphatic heterocycles. The van der Waals surface area contributed by atoms with Crippen LogP contribution in [0.4, 0.5) is 10.1 Å². The summed E-state index contributed by atoms with van der Waals surface area (Å²) in [4.78, 5) is 10.7. The number of nitrogens with zero attached hydrogens (tertiary/aromatic N) is 1. The molecule has 0 saturated heterocycles. The summed E-state index contributed by atoms with van der Waals surface area (Å²) in [5.74, 6) is -1.74. The number of aryl methyl sites for hydroxylation is 1. The van der Waals surface area contributed by atoms with Crippen molar-refractivity contribution in [2.45, 2.75) is 27.5 Å². The number of benzene rings is 3. The van der Waals surface area contributed by atoms with Crippen LogP contribution in [0.5, 0.6) is 0 Å². The number of carbonyl (C=O) groups is 1. The molecule has 0 unspecified atom stereocenters. The second-order valence-electron chi connectivity index (χ2n) is 7.26. The normalized spacial score (nSPS) is 14.1. The van der Waals surface area contributed by atoms with Gasteiger partial charge in [0.1, 0.15) is 5.82 Å². The third kappa shape index (κ3) is 3.87. The van der Waals surface area contributed by atoms with E-state index in [2.05, 4.69) is 0 Å². The van der Waals surface area contributed by atoms with Gasteiger partial charge in [0.2, 0.25) is 9.84 Å². The molecule has 0 saturated carbocycles. The summed E-state index contributed by atoms with van der Waals surface area (Å²) in [6, 6.07) is 13.5. The Morgan fingerprint density at radius 1 is 0.844 bits per heavy atom. The van der Waals surface area contributed by atoms with Gasteiger partial charge in [0.15, 0.2) is 0 Å². The number of rotatable bonds is 5. The third-order valence-corrected chi connectivity index (χ3v) is 8.85. The zero-order valence-electron chi connectivity index (χ0n) is 16.6.